The zero-order valence-corrected chi connectivity index (χ0v) is 8.80. The minimum absolute atomic E-state index is 0.535. The molecule has 0 aliphatic carbocycles. The van der Waals surface area contributed by atoms with Gasteiger partial charge in [0.05, 0.1) is 0 Å². The quantitative estimate of drug-likeness (QED) is 0.772. The third-order valence-corrected chi connectivity index (χ3v) is 2.73. The highest BCUT2D eigenvalue weighted by Gasteiger charge is 2.07. The minimum atomic E-state index is 0.535. The summed E-state index contributed by atoms with van der Waals surface area (Å²) in [6, 6.07) is 1.84. The summed E-state index contributed by atoms with van der Waals surface area (Å²) in [6.45, 7) is 3.87. The number of nitrogen functional groups attached to an aromatic ring is 1. The van der Waals surface area contributed by atoms with Gasteiger partial charge in [-0.05, 0) is 37.0 Å². The SMILES string of the molecule is Cc1nsc(-c2cnc(N)cc2C)n1. The van der Waals surface area contributed by atoms with Crippen LogP contribution < -0.4 is 5.73 Å². The first-order valence-corrected chi connectivity index (χ1v) is 4.97. The predicted octanol–water partition coefficient (Wildman–Crippen LogP) is 1.80. The molecule has 72 valence electrons. The van der Waals surface area contributed by atoms with Crippen molar-refractivity contribution in [1.82, 2.24) is 14.3 Å². The zero-order chi connectivity index (χ0) is 10.1. The summed E-state index contributed by atoms with van der Waals surface area (Å²) < 4.78 is 4.13. The van der Waals surface area contributed by atoms with Crippen LogP contribution in [0.1, 0.15) is 11.4 Å². The minimum Gasteiger partial charge on any atom is -0.384 e. The van der Waals surface area contributed by atoms with Gasteiger partial charge in [0.1, 0.15) is 16.6 Å². The lowest BCUT2D eigenvalue weighted by Gasteiger charge is -2.01. The van der Waals surface area contributed by atoms with E-state index in [0.717, 1.165) is 22.0 Å². The molecule has 0 unspecified atom stereocenters. The van der Waals surface area contributed by atoms with Gasteiger partial charge in [0.25, 0.3) is 0 Å². The molecule has 2 rings (SSSR count). The molecule has 0 saturated carbocycles. The fraction of sp³-hybridized carbons (Fsp3) is 0.222. The fourth-order valence-electron chi connectivity index (χ4n) is 1.21. The third-order valence-electron chi connectivity index (χ3n) is 1.89. The van der Waals surface area contributed by atoms with Crippen molar-refractivity contribution in [3.63, 3.8) is 0 Å². The Morgan fingerprint density at radius 1 is 1.36 bits per heavy atom. The Balaban J connectivity index is 2.52. The van der Waals surface area contributed by atoms with Crippen LogP contribution in [0.5, 0.6) is 0 Å². The van der Waals surface area contributed by atoms with E-state index < -0.39 is 0 Å². The highest BCUT2D eigenvalue weighted by molar-refractivity contribution is 7.09. The molecule has 0 amide bonds. The molecular weight excluding hydrogens is 196 g/mol. The largest absolute Gasteiger partial charge is 0.384 e. The molecule has 0 aromatic carbocycles. The van der Waals surface area contributed by atoms with E-state index in [1.165, 1.54) is 11.5 Å². The van der Waals surface area contributed by atoms with Crippen LogP contribution in [0.4, 0.5) is 5.82 Å². The van der Waals surface area contributed by atoms with Gasteiger partial charge in [-0.3, -0.25) is 0 Å². The maximum atomic E-state index is 5.57. The highest BCUT2D eigenvalue weighted by atomic mass is 32.1. The number of nitrogens with two attached hydrogens (primary N) is 1. The van der Waals surface area contributed by atoms with E-state index in [0.29, 0.717) is 5.82 Å². The van der Waals surface area contributed by atoms with Gasteiger partial charge in [0, 0.05) is 11.8 Å². The molecule has 0 spiro atoms. The van der Waals surface area contributed by atoms with E-state index in [2.05, 4.69) is 14.3 Å². The van der Waals surface area contributed by atoms with E-state index in [-0.39, 0.29) is 0 Å². The molecule has 0 radical (unpaired) electrons. The van der Waals surface area contributed by atoms with E-state index in [4.69, 9.17) is 5.73 Å². The Kier molecular flexibility index (Phi) is 2.17. The standard InChI is InChI=1S/C9H10N4S/c1-5-3-8(10)11-4-7(5)9-12-6(2)13-14-9/h3-4H,1-2H3,(H2,10,11). The predicted molar refractivity (Wildman–Crippen MR) is 57.0 cm³/mol. The van der Waals surface area contributed by atoms with E-state index >= 15 is 0 Å². The molecule has 0 atom stereocenters. The number of hydrogen-bond acceptors (Lipinski definition) is 5. The Morgan fingerprint density at radius 2 is 2.14 bits per heavy atom. The van der Waals surface area contributed by atoms with Gasteiger partial charge in [-0.25, -0.2) is 9.97 Å². The number of pyridine rings is 1. The van der Waals surface area contributed by atoms with Crippen LogP contribution in [-0.4, -0.2) is 14.3 Å². The van der Waals surface area contributed by atoms with Gasteiger partial charge in [0.15, 0.2) is 0 Å². The smallest absolute Gasteiger partial charge is 0.145 e. The first kappa shape index (κ1) is 9.08. The van der Waals surface area contributed by atoms with E-state index in [9.17, 15) is 0 Å². The number of aromatic nitrogens is 3. The van der Waals surface area contributed by atoms with Crippen molar-refractivity contribution < 1.29 is 0 Å². The van der Waals surface area contributed by atoms with E-state index in [1.807, 2.05) is 19.9 Å². The lowest BCUT2D eigenvalue weighted by molar-refractivity contribution is 1.16. The summed E-state index contributed by atoms with van der Waals surface area (Å²) in [5.74, 6) is 1.33. The molecule has 4 nitrogen and oxygen atoms in total. The lowest BCUT2D eigenvalue weighted by atomic mass is 10.2. The van der Waals surface area contributed by atoms with Gasteiger partial charge in [-0.2, -0.15) is 4.37 Å². The van der Waals surface area contributed by atoms with E-state index in [1.54, 1.807) is 6.20 Å². The number of anilines is 1. The van der Waals surface area contributed by atoms with Crippen molar-refractivity contribution in [2.24, 2.45) is 0 Å². The van der Waals surface area contributed by atoms with Crippen molar-refractivity contribution >= 4 is 17.4 Å². The van der Waals surface area contributed by atoms with Crippen molar-refractivity contribution in [1.29, 1.82) is 0 Å². The third kappa shape index (κ3) is 1.58. The maximum Gasteiger partial charge on any atom is 0.145 e. The fourth-order valence-corrected chi connectivity index (χ4v) is 1.95. The summed E-state index contributed by atoms with van der Waals surface area (Å²) in [5.41, 5.74) is 7.65. The van der Waals surface area contributed by atoms with Crippen LogP contribution in [0.3, 0.4) is 0 Å². The molecule has 2 aromatic rings. The van der Waals surface area contributed by atoms with Crippen LogP contribution in [0, 0.1) is 13.8 Å². The van der Waals surface area contributed by atoms with Crippen LogP contribution in [0.25, 0.3) is 10.6 Å². The van der Waals surface area contributed by atoms with Crippen molar-refractivity contribution in [3.8, 4) is 10.6 Å². The summed E-state index contributed by atoms with van der Waals surface area (Å²) >= 11 is 1.38. The maximum absolute atomic E-state index is 5.57. The molecular formula is C9H10N4S. The summed E-state index contributed by atoms with van der Waals surface area (Å²) in [4.78, 5) is 8.34. The molecule has 14 heavy (non-hydrogen) atoms. The summed E-state index contributed by atoms with van der Waals surface area (Å²) in [6.07, 6.45) is 1.74. The molecule has 0 saturated heterocycles. The molecule has 2 aromatic heterocycles. The van der Waals surface area contributed by atoms with Crippen molar-refractivity contribution in [2.45, 2.75) is 13.8 Å². The summed E-state index contributed by atoms with van der Waals surface area (Å²) in [7, 11) is 0. The van der Waals surface area contributed by atoms with Crippen molar-refractivity contribution in [2.75, 3.05) is 5.73 Å². The van der Waals surface area contributed by atoms with Crippen LogP contribution in [0.2, 0.25) is 0 Å². The first-order valence-electron chi connectivity index (χ1n) is 4.19. The second-order valence-electron chi connectivity index (χ2n) is 3.07. The molecule has 0 aliphatic heterocycles. The molecule has 0 aliphatic rings. The average Bonchev–Trinajstić information content (AvgIpc) is 2.51. The van der Waals surface area contributed by atoms with Gasteiger partial charge in [-0.15, -0.1) is 0 Å². The van der Waals surface area contributed by atoms with Gasteiger partial charge < -0.3 is 5.73 Å². The highest BCUT2D eigenvalue weighted by Crippen LogP contribution is 2.24. The Morgan fingerprint density at radius 3 is 2.71 bits per heavy atom. The van der Waals surface area contributed by atoms with Crippen molar-refractivity contribution in [3.05, 3.63) is 23.7 Å². The van der Waals surface area contributed by atoms with Crippen LogP contribution in [0.15, 0.2) is 12.3 Å². The number of hydrogen-bond donors (Lipinski definition) is 1. The Hall–Kier alpha value is -1.49. The number of nitrogens with zero attached hydrogens (tertiary/aromatic N) is 3. The molecule has 0 bridgehead atoms. The number of rotatable bonds is 1. The molecule has 0 fully saturated rings. The lowest BCUT2D eigenvalue weighted by Crippen LogP contribution is -1.92. The van der Waals surface area contributed by atoms with Crippen LogP contribution >= 0.6 is 11.5 Å². The first-order chi connectivity index (χ1) is 6.66. The topological polar surface area (TPSA) is 64.7 Å². The summed E-state index contributed by atoms with van der Waals surface area (Å²) in [5, 5.41) is 0.896. The normalized spacial score (nSPS) is 10.4. The second kappa shape index (κ2) is 3.34. The monoisotopic (exact) mass is 206 g/mol. The van der Waals surface area contributed by atoms with Gasteiger partial charge in [0.2, 0.25) is 0 Å². The van der Waals surface area contributed by atoms with Crippen LogP contribution in [-0.2, 0) is 0 Å². The number of aryl methyl sites for hydroxylation is 2. The second-order valence-corrected chi connectivity index (χ2v) is 3.82. The Labute approximate surface area is 86.0 Å². The molecule has 2 heterocycles. The average molecular weight is 206 g/mol. The molecule has 5 heteroatoms. The molecule has 2 N–H and O–H groups in total. The van der Waals surface area contributed by atoms with Gasteiger partial charge >= 0.3 is 0 Å². The van der Waals surface area contributed by atoms with Gasteiger partial charge in [-0.1, -0.05) is 0 Å². The Bertz CT molecular complexity index is 464. The zero-order valence-electron chi connectivity index (χ0n) is 7.98.